The van der Waals surface area contributed by atoms with Gasteiger partial charge in [0.1, 0.15) is 27.1 Å². The summed E-state index contributed by atoms with van der Waals surface area (Å²) in [6.45, 7) is 15.9. The Morgan fingerprint density at radius 3 is 2.45 bits per heavy atom. The highest BCUT2D eigenvalue weighted by molar-refractivity contribution is 6.98. The second kappa shape index (κ2) is 13.4. The van der Waals surface area contributed by atoms with Gasteiger partial charge in [0.05, 0.1) is 19.2 Å². The predicted octanol–water partition coefficient (Wildman–Crippen LogP) is 2.77. The molecule has 2 saturated heterocycles. The van der Waals surface area contributed by atoms with Crippen LogP contribution in [0.5, 0.6) is 0 Å². The summed E-state index contributed by atoms with van der Waals surface area (Å²) in [5, 5.41) is 24.3. The Morgan fingerprint density at radius 1 is 1.12 bits per heavy atom. The highest BCUT2D eigenvalue weighted by atomic mass is 28.3. The number of aromatic carboxylic acids is 1. The molecule has 0 spiro atoms. The lowest BCUT2D eigenvalue weighted by atomic mass is 9.84. The van der Waals surface area contributed by atoms with Gasteiger partial charge in [-0.05, 0) is 45.3 Å². The fourth-order valence-corrected chi connectivity index (χ4v) is 10.0. The highest BCUT2D eigenvalue weighted by Crippen LogP contribution is 2.46. The molecule has 2 aromatic rings. The molecule has 3 heterocycles. The van der Waals surface area contributed by atoms with E-state index < -0.39 is 60.7 Å². The van der Waals surface area contributed by atoms with E-state index >= 15 is 13.2 Å². The molecule has 0 aromatic heterocycles. The van der Waals surface area contributed by atoms with E-state index in [0.29, 0.717) is 63.7 Å². The zero-order valence-corrected chi connectivity index (χ0v) is 28.2. The third kappa shape index (κ3) is 5.69. The zero-order valence-electron chi connectivity index (χ0n) is 27.2. The molecule has 0 N–H and O–H groups in total. The molecule has 14 heteroatoms. The van der Waals surface area contributed by atoms with Crippen LogP contribution in [0.25, 0.3) is 10.4 Å². The number of benzene rings is 2. The fraction of sp³-hybridized carbons (Fsp3) is 0.371. The van der Waals surface area contributed by atoms with Crippen molar-refractivity contribution in [3.63, 3.8) is 0 Å². The van der Waals surface area contributed by atoms with Crippen molar-refractivity contribution in [3.05, 3.63) is 98.3 Å². The lowest BCUT2D eigenvalue weighted by Crippen LogP contribution is -2.50. The predicted molar refractivity (Wildman–Crippen MR) is 173 cm³/mol. The summed E-state index contributed by atoms with van der Waals surface area (Å²) in [6, 6.07) is 6.99. The average molecular weight is 691 g/mol. The van der Waals surface area contributed by atoms with Gasteiger partial charge in [-0.2, -0.15) is 5.26 Å². The van der Waals surface area contributed by atoms with Crippen LogP contribution in [0.1, 0.15) is 27.0 Å². The number of halogens is 3. The first-order valence-corrected chi connectivity index (χ1v) is 18.7. The monoisotopic (exact) mass is 690 g/mol. The number of anilines is 1. The van der Waals surface area contributed by atoms with Gasteiger partial charge in [-0.25, -0.2) is 24.3 Å². The minimum absolute atomic E-state index is 0.0284. The van der Waals surface area contributed by atoms with Crippen molar-refractivity contribution in [2.75, 3.05) is 71.4 Å². The SMILES string of the molecule is [C-]#[N+]C(C#N)(OCOC)c1c(F)c(F)c(C(=O)[O-])c(C2=C3C=CC(=[N+]4CCOCC4)C=C3[Si](C)(C)c3cc(N4CCOCC4)ccc32)c1F. The summed E-state index contributed by atoms with van der Waals surface area (Å²) in [7, 11) is -1.53. The van der Waals surface area contributed by atoms with E-state index in [9.17, 15) is 15.2 Å². The number of hydrogen-bond acceptors (Lipinski definition) is 8. The van der Waals surface area contributed by atoms with Crippen LogP contribution in [0.3, 0.4) is 0 Å². The Hall–Kier alpha value is -4.57. The molecule has 49 heavy (non-hydrogen) atoms. The molecule has 0 saturated carbocycles. The zero-order chi connectivity index (χ0) is 35.1. The highest BCUT2D eigenvalue weighted by Gasteiger charge is 2.51. The maximum Gasteiger partial charge on any atom is 0.460 e. The number of carbonyl (C=O) groups is 1. The molecule has 1 aliphatic carbocycles. The summed E-state index contributed by atoms with van der Waals surface area (Å²) >= 11 is 0. The Bertz CT molecular complexity index is 1930. The van der Waals surface area contributed by atoms with Crippen LogP contribution in [-0.4, -0.2) is 90.8 Å². The molecular weight excluding hydrogens is 657 g/mol. The van der Waals surface area contributed by atoms with Crippen LogP contribution in [0.4, 0.5) is 18.9 Å². The van der Waals surface area contributed by atoms with Crippen LogP contribution in [0, 0.1) is 35.4 Å². The third-order valence-electron chi connectivity index (χ3n) is 9.45. The van der Waals surface area contributed by atoms with Crippen LogP contribution in [0.15, 0.2) is 47.2 Å². The third-order valence-corrected chi connectivity index (χ3v) is 13.0. The molecule has 254 valence electrons. The molecule has 0 bridgehead atoms. The van der Waals surface area contributed by atoms with Crippen molar-refractivity contribution in [2.24, 2.45) is 0 Å². The number of carbonyl (C=O) groups excluding carboxylic acids is 1. The second-order valence-corrected chi connectivity index (χ2v) is 16.8. The van der Waals surface area contributed by atoms with Gasteiger partial charge in [0, 0.05) is 49.2 Å². The number of hydrogen-bond donors (Lipinski definition) is 0. The first-order valence-electron chi connectivity index (χ1n) is 15.7. The minimum Gasteiger partial charge on any atom is -0.545 e. The van der Waals surface area contributed by atoms with Gasteiger partial charge in [-0.15, -0.1) is 0 Å². The van der Waals surface area contributed by atoms with E-state index in [-0.39, 0.29) is 5.57 Å². The molecule has 1 atom stereocenters. The van der Waals surface area contributed by atoms with Gasteiger partial charge in [0.2, 0.25) is 0 Å². The van der Waals surface area contributed by atoms with Crippen molar-refractivity contribution in [1.29, 1.82) is 5.26 Å². The lowest BCUT2D eigenvalue weighted by molar-refractivity contribution is -0.547. The van der Waals surface area contributed by atoms with Crippen molar-refractivity contribution >= 4 is 36.2 Å². The van der Waals surface area contributed by atoms with Crippen LogP contribution >= 0.6 is 0 Å². The smallest absolute Gasteiger partial charge is 0.460 e. The van der Waals surface area contributed by atoms with E-state index in [2.05, 4.69) is 27.4 Å². The molecule has 6 rings (SSSR count). The number of morpholine rings is 2. The number of ether oxygens (including phenoxy) is 4. The maximum atomic E-state index is 17.2. The molecule has 1 unspecified atom stereocenters. The van der Waals surface area contributed by atoms with Gasteiger partial charge in [0.15, 0.2) is 48.9 Å². The first-order chi connectivity index (χ1) is 23.5. The first kappa shape index (κ1) is 34.3. The topological polar surface area (TPSA) is 111 Å². The van der Waals surface area contributed by atoms with Gasteiger partial charge in [-0.3, -0.25) is 9.58 Å². The molecule has 2 fully saturated rings. The Labute approximate surface area is 282 Å². The van der Waals surface area contributed by atoms with Gasteiger partial charge in [-0.1, -0.05) is 19.2 Å². The van der Waals surface area contributed by atoms with Crippen molar-refractivity contribution in [3.8, 4) is 6.07 Å². The van der Waals surface area contributed by atoms with Crippen LogP contribution in [-0.2, 0) is 24.7 Å². The fourth-order valence-electron chi connectivity index (χ4n) is 6.93. The van der Waals surface area contributed by atoms with E-state index in [0.717, 1.165) is 28.9 Å². The maximum absolute atomic E-state index is 17.2. The Balaban J connectivity index is 1.72. The summed E-state index contributed by atoms with van der Waals surface area (Å²) in [4.78, 5) is 17.8. The largest absolute Gasteiger partial charge is 0.545 e. The van der Waals surface area contributed by atoms with Gasteiger partial charge in [0.25, 0.3) is 0 Å². The Kier molecular flexibility index (Phi) is 9.37. The average Bonchev–Trinajstić information content (AvgIpc) is 3.12. The summed E-state index contributed by atoms with van der Waals surface area (Å²) in [5.74, 6) is -7.84. The standard InChI is InChI=1S/C35H33F3N4O6Si/c1-40-35(19-39,48-20-45-2)30-31(36)28(29(34(43)44)32(37)33(30)38)27-23-7-5-21(41-9-13-46-14-10-41)17-25(23)49(3,4)26-18-22(6-8-24(26)27)42-11-15-47-16-12-42/h5-8,17-18H,9-16,20H2,2-4H3. The second-order valence-electron chi connectivity index (χ2n) is 12.4. The summed E-state index contributed by atoms with van der Waals surface area (Å²) < 4.78 is 72.2. The van der Waals surface area contributed by atoms with Gasteiger partial charge < -0.3 is 29.0 Å². The molecule has 2 aromatic carbocycles. The number of allylic oxidation sites excluding steroid dienone is 5. The molecule has 0 amide bonds. The van der Waals surface area contributed by atoms with E-state index in [1.165, 1.54) is 6.07 Å². The summed E-state index contributed by atoms with van der Waals surface area (Å²) in [6.07, 6.45) is 5.55. The molecule has 4 aliphatic rings. The molecular formula is C35H33F3N4O6Si. The van der Waals surface area contributed by atoms with E-state index in [1.54, 1.807) is 12.1 Å². The van der Waals surface area contributed by atoms with Crippen molar-refractivity contribution in [1.82, 2.24) is 0 Å². The minimum atomic E-state index is -3.04. The van der Waals surface area contributed by atoms with Crippen LogP contribution in [0.2, 0.25) is 13.1 Å². The number of carboxylic acid groups (broad SMARTS) is 1. The van der Waals surface area contributed by atoms with Crippen molar-refractivity contribution in [2.45, 2.75) is 18.8 Å². The number of methoxy groups -OCH3 is 1. The van der Waals surface area contributed by atoms with E-state index in [4.69, 9.17) is 25.5 Å². The number of fused-ring (bicyclic) bond motifs is 2. The normalized spacial score (nSPS) is 19.8. The molecule has 3 aliphatic heterocycles. The van der Waals surface area contributed by atoms with Gasteiger partial charge >= 0.3 is 5.72 Å². The number of nitriles is 1. The van der Waals surface area contributed by atoms with Crippen LogP contribution < -0.4 is 15.2 Å². The molecule has 0 radical (unpaired) electrons. The quantitative estimate of drug-likeness (QED) is 0.144. The number of rotatable bonds is 7. The summed E-state index contributed by atoms with van der Waals surface area (Å²) in [5.41, 5.74) is -4.07. The van der Waals surface area contributed by atoms with Crippen molar-refractivity contribution < 1.29 is 46.6 Å². The number of carboxylic acids is 1. The lowest BCUT2D eigenvalue weighted by Gasteiger charge is -2.39. The Morgan fingerprint density at radius 2 is 1.82 bits per heavy atom. The molecule has 10 nitrogen and oxygen atoms in total. The van der Waals surface area contributed by atoms with E-state index in [1.807, 2.05) is 24.3 Å². The number of nitrogens with zero attached hydrogens (tertiary/aromatic N) is 4.